The second-order valence-electron chi connectivity index (χ2n) is 9.83. The number of nitrogens with zero attached hydrogens (tertiary/aromatic N) is 2. The number of aryl methyl sites for hydroxylation is 1. The van der Waals surface area contributed by atoms with E-state index in [9.17, 15) is 18.0 Å². The van der Waals surface area contributed by atoms with E-state index in [1.165, 1.54) is 11.3 Å². The Bertz CT molecular complexity index is 1140. The summed E-state index contributed by atoms with van der Waals surface area (Å²) >= 11 is 0. The number of carbonyl (C=O) groups excluding carboxylic acids is 2. The summed E-state index contributed by atoms with van der Waals surface area (Å²) in [6.07, 6.45) is 6.94. The lowest BCUT2D eigenvalue weighted by Gasteiger charge is -2.33. The lowest BCUT2D eigenvalue weighted by Crippen LogP contribution is -2.53. The SMILES string of the molecule is Cc1cccc(N(CC(=O)N(CCc2ccccc2)[C@@H](C)C(=O)NC2CCCCC2)S(C)(=O)=O)c1C. The highest BCUT2D eigenvalue weighted by Crippen LogP contribution is 2.25. The van der Waals surface area contributed by atoms with E-state index in [0.29, 0.717) is 18.7 Å². The molecule has 1 aliphatic carbocycles. The molecule has 0 aliphatic heterocycles. The number of benzene rings is 2. The maximum Gasteiger partial charge on any atom is 0.244 e. The molecular weight excluding hydrogens is 474 g/mol. The van der Waals surface area contributed by atoms with Gasteiger partial charge in [0.25, 0.3) is 0 Å². The van der Waals surface area contributed by atoms with E-state index in [2.05, 4.69) is 5.32 Å². The summed E-state index contributed by atoms with van der Waals surface area (Å²) in [4.78, 5) is 28.4. The lowest BCUT2D eigenvalue weighted by molar-refractivity contribution is -0.139. The normalized spacial score (nSPS) is 15.2. The third-order valence-electron chi connectivity index (χ3n) is 7.13. The average molecular weight is 514 g/mol. The van der Waals surface area contributed by atoms with Crippen molar-refractivity contribution in [2.45, 2.75) is 71.4 Å². The van der Waals surface area contributed by atoms with Crippen LogP contribution in [0.25, 0.3) is 0 Å². The van der Waals surface area contributed by atoms with E-state index in [4.69, 9.17) is 0 Å². The first-order chi connectivity index (χ1) is 17.1. The maximum absolute atomic E-state index is 13.7. The first kappa shape index (κ1) is 27.7. The molecule has 0 radical (unpaired) electrons. The van der Waals surface area contributed by atoms with Gasteiger partial charge in [0.15, 0.2) is 0 Å². The van der Waals surface area contributed by atoms with Crippen molar-refractivity contribution in [3.05, 3.63) is 65.2 Å². The molecule has 1 aliphatic rings. The Balaban J connectivity index is 1.84. The lowest BCUT2D eigenvalue weighted by atomic mass is 9.95. The Morgan fingerprint density at radius 1 is 1.00 bits per heavy atom. The molecule has 1 N–H and O–H groups in total. The molecule has 0 unspecified atom stereocenters. The van der Waals surface area contributed by atoms with Gasteiger partial charge in [0.05, 0.1) is 11.9 Å². The quantitative estimate of drug-likeness (QED) is 0.521. The molecule has 0 aromatic heterocycles. The van der Waals surface area contributed by atoms with Crippen molar-refractivity contribution in [1.29, 1.82) is 0 Å². The minimum absolute atomic E-state index is 0.127. The van der Waals surface area contributed by atoms with Gasteiger partial charge in [-0.2, -0.15) is 0 Å². The largest absolute Gasteiger partial charge is 0.352 e. The number of hydrogen-bond acceptors (Lipinski definition) is 4. The third-order valence-corrected chi connectivity index (χ3v) is 8.25. The number of sulfonamides is 1. The second-order valence-corrected chi connectivity index (χ2v) is 11.7. The maximum atomic E-state index is 13.7. The van der Waals surface area contributed by atoms with Crippen LogP contribution in [0.2, 0.25) is 0 Å². The zero-order valence-electron chi connectivity index (χ0n) is 21.9. The molecule has 0 bridgehead atoms. The Morgan fingerprint density at radius 3 is 2.31 bits per heavy atom. The summed E-state index contributed by atoms with van der Waals surface area (Å²) in [5.74, 6) is -0.593. The summed E-state index contributed by atoms with van der Waals surface area (Å²) in [5, 5.41) is 3.12. The number of rotatable bonds is 10. The van der Waals surface area contributed by atoms with Gasteiger partial charge in [0.1, 0.15) is 12.6 Å². The minimum Gasteiger partial charge on any atom is -0.352 e. The summed E-state index contributed by atoms with van der Waals surface area (Å²) in [6, 6.07) is 14.6. The van der Waals surface area contributed by atoms with Crippen LogP contribution in [-0.4, -0.2) is 56.6 Å². The molecule has 196 valence electrons. The van der Waals surface area contributed by atoms with Crippen molar-refractivity contribution < 1.29 is 18.0 Å². The first-order valence-electron chi connectivity index (χ1n) is 12.8. The Hall–Kier alpha value is -2.87. The standard InChI is InChI=1S/C28H39N3O4S/c1-21-12-11-17-26(22(21)2)31(36(4,34)35)20-27(32)30(19-18-24-13-7-5-8-14-24)23(3)28(33)29-25-15-9-6-10-16-25/h5,7-8,11-14,17,23,25H,6,9-10,15-16,18-20H2,1-4H3,(H,29,33)/t23-/m0/s1. The monoisotopic (exact) mass is 513 g/mol. The number of carbonyl (C=O) groups is 2. The summed E-state index contributed by atoms with van der Waals surface area (Å²) in [5.41, 5.74) is 3.27. The van der Waals surface area contributed by atoms with Gasteiger partial charge in [-0.05, 0) is 62.8 Å². The van der Waals surface area contributed by atoms with E-state index in [-0.39, 0.29) is 18.5 Å². The van der Waals surface area contributed by atoms with Crippen molar-refractivity contribution in [2.75, 3.05) is 23.7 Å². The van der Waals surface area contributed by atoms with Crippen LogP contribution in [0, 0.1) is 13.8 Å². The smallest absolute Gasteiger partial charge is 0.244 e. The number of nitrogens with one attached hydrogen (secondary N) is 1. The number of hydrogen-bond donors (Lipinski definition) is 1. The fourth-order valence-electron chi connectivity index (χ4n) is 4.74. The fraction of sp³-hybridized carbons (Fsp3) is 0.500. The summed E-state index contributed by atoms with van der Waals surface area (Å²) < 4.78 is 26.7. The van der Waals surface area contributed by atoms with Crippen LogP contribution < -0.4 is 9.62 Å². The molecule has 2 amide bonds. The van der Waals surface area contributed by atoms with Gasteiger partial charge in [-0.25, -0.2) is 8.42 Å². The average Bonchev–Trinajstić information content (AvgIpc) is 2.85. The summed E-state index contributed by atoms with van der Waals surface area (Å²) in [7, 11) is -3.74. The predicted octanol–water partition coefficient (Wildman–Crippen LogP) is 3.98. The van der Waals surface area contributed by atoms with Crippen LogP contribution in [0.1, 0.15) is 55.7 Å². The van der Waals surface area contributed by atoms with E-state index >= 15 is 0 Å². The number of anilines is 1. The van der Waals surface area contributed by atoms with Gasteiger partial charge in [-0.15, -0.1) is 0 Å². The molecule has 0 saturated heterocycles. The van der Waals surface area contributed by atoms with Gasteiger partial charge in [-0.3, -0.25) is 13.9 Å². The molecule has 2 aromatic carbocycles. The number of amides is 2. The highest BCUT2D eigenvalue weighted by molar-refractivity contribution is 7.92. The van der Waals surface area contributed by atoms with Gasteiger partial charge >= 0.3 is 0 Å². The topological polar surface area (TPSA) is 86.8 Å². The van der Waals surface area contributed by atoms with Crippen molar-refractivity contribution in [2.24, 2.45) is 0 Å². The van der Waals surface area contributed by atoms with Crippen molar-refractivity contribution in [1.82, 2.24) is 10.2 Å². The molecular formula is C28H39N3O4S. The molecule has 7 nitrogen and oxygen atoms in total. The van der Waals surface area contributed by atoms with Crippen molar-refractivity contribution in [3.8, 4) is 0 Å². The van der Waals surface area contributed by atoms with E-state index in [0.717, 1.165) is 52.9 Å². The van der Waals surface area contributed by atoms with Crippen LogP contribution in [-0.2, 0) is 26.0 Å². The van der Waals surface area contributed by atoms with Gasteiger partial charge in [0.2, 0.25) is 21.8 Å². The molecule has 3 rings (SSSR count). The Morgan fingerprint density at radius 2 is 1.67 bits per heavy atom. The zero-order valence-corrected chi connectivity index (χ0v) is 22.7. The fourth-order valence-corrected chi connectivity index (χ4v) is 5.64. The van der Waals surface area contributed by atoms with E-state index < -0.39 is 22.0 Å². The molecule has 2 aromatic rings. The third kappa shape index (κ3) is 7.32. The van der Waals surface area contributed by atoms with Crippen LogP contribution >= 0.6 is 0 Å². The highest BCUT2D eigenvalue weighted by atomic mass is 32.2. The molecule has 0 spiro atoms. The Kier molecular flexibility index (Phi) is 9.54. The summed E-state index contributed by atoms with van der Waals surface area (Å²) in [6.45, 7) is 5.43. The highest BCUT2D eigenvalue weighted by Gasteiger charge is 2.31. The molecule has 1 saturated carbocycles. The van der Waals surface area contributed by atoms with Crippen LogP contribution in [0.3, 0.4) is 0 Å². The van der Waals surface area contributed by atoms with E-state index in [1.54, 1.807) is 19.1 Å². The second kappa shape index (κ2) is 12.4. The Labute approximate surface area is 215 Å². The van der Waals surface area contributed by atoms with Crippen LogP contribution in [0.4, 0.5) is 5.69 Å². The van der Waals surface area contributed by atoms with Crippen molar-refractivity contribution in [3.63, 3.8) is 0 Å². The molecule has 1 atom stereocenters. The molecule has 36 heavy (non-hydrogen) atoms. The zero-order chi connectivity index (χ0) is 26.3. The van der Waals surface area contributed by atoms with Gasteiger partial charge in [-0.1, -0.05) is 61.7 Å². The molecule has 0 heterocycles. The molecule has 8 heteroatoms. The van der Waals surface area contributed by atoms with Crippen LogP contribution in [0.5, 0.6) is 0 Å². The van der Waals surface area contributed by atoms with Gasteiger partial charge in [0, 0.05) is 12.6 Å². The van der Waals surface area contributed by atoms with Crippen molar-refractivity contribution >= 4 is 27.5 Å². The van der Waals surface area contributed by atoms with Crippen LogP contribution in [0.15, 0.2) is 48.5 Å². The first-order valence-corrected chi connectivity index (χ1v) is 14.6. The van der Waals surface area contributed by atoms with E-state index in [1.807, 2.05) is 50.2 Å². The molecule has 1 fully saturated rings. The van der Waals surface area contributed by atoms with Gasteiger partial charge < -0.3 is 10.2 Å². The minimum atomic E-state index is -3.74. The predicted molar refractivity (Wildman–Crippen MR) is 144 cm³/mol.